The molecule has 0 amide bonds. The minimum atomic E-state index is -0.712. The summed E-state index contributed by atoms with van der Waals surface area (Å²) in [4.78, 5) is 0. The van der Waals surface area contributed by atoms with Gasteiger partial charge in [-0.25, -0.2) is 0 Å². The van der Waals surface area contributed by atoms with E-state index in [0.717, 1.165) is 0 Å². The molecular weight excluding hydrogens is 144 g/mol. The fraction of sp³-hybridized carbons (Fsp3) is 0.250. The zero-order valence-corrected chi connectivity index (χ0v) is 6.15. The quantitative estimate of drug-likeness (QED) is 0.568. The van der Waals surface area contributed by atoms with Crippen LogP contribution in [0.5, 0.6) is 11.5 Å². The first-order valence-corrected chi connectivity index (χ1v) is 3.31. The van der Waals surface area contributed by atoms with Gasteiger partial charge in [-0.05, 0) is 19.1 Å². The zero-order chi connectivity index (χ0) is 8.43. The number of aliphatic hydroxyl groups excluding tert-OH is 1. The van der Waals surface area contributed by atoms with Gasteiger partial charge < -0.3 is 15.3 Å². The van der Waals surface area contributed by atoms with Crippen molar-refractivity contribution in [3.8, 4) is 11.5 Å². The summed E-state index contributed by atoms with van der Waals surface area (Å²) >= 11 is 0. The predicted molar refractivity (Wildman–Crippen MR) is 40.4 cm³/mol. The Balaban J connectivity index is 3.09. The van der Waals surface area contributed by atoms with Crippen molar-refractivity contribution in [3.05, 3.63) is 23.8 Å². The van der Waals surface area contributed by atoms with Gasteiger partial charge in [0.25, 0.3) is 0 Å². The average molecular weight is 154 g/mol. The van der Waals surface area contributed by atoms with E-state index in [4.69, 9.17) is 15.3 Å². The maximum atomic E-state index is 9.14. The molecule has 0 saturated heterocycles. The molecule has 0 fully saturated rings. The maximum Gasteiger partial charge on any atom is 0.125 e. The van der Waals surface area contributed by atoms with Crippen LogP contribution in [0.25, 0.3) is 0 Å². The average Bonchev–Trinajstić information content (AvgIpc) is 1.85. The number of aliphatic hydroxyl groups is 1. The van der Waals surface area contributed by atoms with E-state index in [0.29, 0.717) is 5.56 Å². The minimum Gasteiger partial charge on any atom is -0.508 e. The van der Waals surface area contributed by atoms with Crippen molar-refractivity contribution < 1.29 is 15.3 Å². The number of aromatic hydroxyl groups is 2. The Morgan fingerprint density at radius 3 is 2.36 bits per heavy atom. The fourth-order valence-corrected chi connectivity index (χ4v) is 0.885. The Labute approximate surface area is 64.5 Å². The molecule has 0 spiro atoms. The highest BCUT2D eigenvalue weighted by Gasteiger charge is 2.06. The lowest BCUT2D eigenvalue weighted by atomic mass is 10.1. The summed E-state index contributed by atoms with van der Waals surface area (Å²) in [6.07, 6.45) is -0.712. The van der Waals surface area contributed by atoms with E-state index in [1.54, 1.807) is 6.92 Å². The Kier molecular flexibility index (Phi) is 2.01. The molecule has 0 radical (unpaired) electrons. The third-order valence-corrected chi connectivity index (χ3v) is 1.46. The number of phenolic OH excluding ortho intramolecular Hbond substituents is 2. The highest BCUT2D eigenvalue weighted by atomic mass is 16.3. The molecule has 0 bridgehead atoms. The van der Waals surface area contributed by atoms with Crippen LogP contribution in [0.4, 0.5) is 0 Å². The van der Waals surface area contributed by atoms with E-state index >= 15 is 0 Å². The van der Waals surface area contributed by atoms with Gasteiger partial charge in [0.15, 0.2) is 0 Å². The van der Waals surface area contributed by atoms with Gasteiger partial charge in [-0.3, -0.25) is 0 Å². The largest absolute Gasteiger partial charge is 0.508 e. The summed E-state index contributed by atoms with van der Waals surface area (Å²) in [6.45, 7) is 1.55. The second-order valence-corrected chi connectivity index (χ2v) is 2.42. The molecule has 11 heavy (non-hydrogen) atoms. The standard InChI is InChI=1S/C8H10O3/c1-5(9)7-3-2-6(10)4-8(7)11/h2-5,9-11H,1H3/t5-/m0/s1. The van der Waals surface area contributed by atoms with E-state index in [1.165, 1.54) is 18.2 Å². The first-order chi connectivity index (χ1) is 5.11. The van der Waals surface area contributed by atoms with Crippen molar-refractivity contribution in [1.29, 1.82) is 0 Å². The molecule has 3 heteroatoms. The molecule has 0 saturated carbocycles. The highest BCUT2D eigenvalue weighted by Crippen LogP contribution is 2.27. The van der Waals surface area contributed by atoms with Crippen LogP contribution < -0.4 is 0 Å². The van der Waals surface area contributed by atoms with Crippen LogP contribution in [0.2, 0.25) is 0 Å². The van der Waals surface area contributed by atoms with Crippen LogP contribution in [0.1, 0.15) is 18.6 Å². The topological polar surface area (TPSA) is 60.7 Å². The van der Waals surface area contributed by atoms with Crippen molar-refractivity contribution >= 4 is 0 Å². The van der Waals surface area contributed by atoms with E-state index in [1.807, 2.05) is 0 Å². The molecular formula is C8H10O3. The van der Waals surface area contributed by atoms with Gasteiger partial charge in [0.05, 0.1) is 6.10 Å². The highest BCUT2D eigenvalue weighted by molar-refractivity contribution is 5.39. The molecule has 0 aromatic heterocycles. The summed E-state index contributed by atoms with van der Waals surface area (Å²) in [5, 5.41) is 27.1. The van der Waals surface area contributed by atoms with Gasteiger partial charge in [0.1, 0.15) is 11.5 Å². The van der Waals surface area contributed by atoms with Crippen LogP contribution in [-0.2, 0) is 0 Å². The Morgan fingerprint density at radius 1 is 1.27 bits per heavy atom. The molecule has 1 atom stereocenters. The third-order valence-electron chi connectivity index (χ3n) is 1.46. The van der Waals surface area contributed by atoms with Gasteiger partial charge >= 0.3 is 0 Å². The summed E-state index contributed by atoms with van der Waals surface area (Å²) in [5.41, 5.74) is 0.419. The molecule has 60 valence electrons. The predicted octanol–water partition coefficient (Wildman–Crippen LogP) is 1.15. The van der Waals surface area contributed by atoms with Gasteiger partial charge in [0, 0.05) is 11.6 Å². The number of rotatable bonds is 1. The molecule has 0 aliphatic heterocycles. The Morgan fingerprint density at radius 2 is 1.91 bits per heavy atom. The molecule has 1 aromatic rings. The summed E-state index contributed by atoms with van der Waals surface area (Å²) in [6, 6.07) is 4.10. The van der Waals surface area contributed by atoms with E-state index < -0.39 is 6.10 Å². The molecule has 1 rings (SSSR count). The number of benzene rings is 1. The summed E-state index contributed by atoms with van der Waals surface area (Å²) in [7, 11) is 0. The smallest absolute Gasteiger partial charge is 0.125 e. The van der Waals surface area contributed by atoms with Crippen LogP contribution in [0, 0.1) is 0 Å². The molecule has 0 heterocycles. The lowest BCUT2D eigenvalue weighted by Gasteiger charge is -2.06. The molecule has 3 N–H and O–H groups in total. The molecule has 3 nitrogen and oxygen atoms in total. The van der Waals surface area contributed by atoms with Crippen molar-refractivity contribution in [2.75, 3.05) is 0 Å². The van der Waals surface area contributed by atoms with Gasteiger partial charge in [0.2, 0.25) is 0 Å². The number of phenols is 2. The van der Waals surface area contributed by atoms with E-state index in [-0.39, 0.29) is 11.5 Å². The van der Waals surface area contributed by atoms with Crippen molar-refractivity contribution in [1.82, 2.24) is 0 Å². The normalized spacial score (nSPS) is 12.9. The lowest BCUT2D eigenvalue weighted by Crippen LogP contribution is -1.90. The van der Waals surface area contributed by atoms with E-state index in [2.05, 4.69) is 0 Å². The van der Waals surface area contributed by atoms with Gasteiger partial charge in [-0.15, -0.1) is 0 Å². The summed E-state index contributed by atoms with van der Waals surface area (Å²) < 4.78 is 0. The van der Waals surface area contributed by atoms with Crippen molar-refractivity contribution in [2.24, 2.45) is 0 Å². The fourth-order valence-electron chi connectivity index (χ4n) is 0.885. The van der Waals surface area contributed by atoms with Crippen molar-refractivity contribution in [3.63, 3.8) is 0 Å². The molecule has 1 aromatic carbocycles. The lowest BCUT2D eigenvalue weighted by molar-refractivity contribution is 0.195. The number of hydrogen-bond donors (Lipinski definition) is 3. The van der Waals surface area contributed by atoms with Crippen LogP contribution >= 0.6 is 0 Å². The second-order valence-electron chi connectivity index (χ2n) is 2.42. The van der Waals surface area contributed by atoms with Crippen molar-refractivity contribution in [2.45, 2.75) is 13.0 Å². The maximum absolute atomic E-state index is 9.14. The SMILES string of the molecule is C[C@H](O)c1ccc(O)cc1O. The van der Waals surface area contributed by atoms with Gasteiger partial charge in [-0.2, -0.15) is 0 Å². The Bertz CT molecular complexity index is 256. The van der Waals surface area contributed by atoms with Crippen LogP contribution in [0.15, 0.2) is 18.2 Å². The number of hydrogen-bond acceptors (Lipinski definition) is 3. The second kappa shape index (κ2) is 2.80. The van der Waals surface area contributed by atoms with Crippen LogP contribution in [-0.4, -0.2) is 15.3 Å². The Hall–Kier alpha value is -1.22. The monoisotopic (exact) mass is 154 g/mol. The molecule has 0 aliphatic rings. The van der Waals surface area contributed by atoms with Gasteiger partial charge in [-0.1, -0.05) is 0 Å². The van der Waals surface area contributed by atoms with E-state index in [9.17, 15) is 0 Å². The molecule has 0 aliphatic carbocycles. The first-order valence-electron chi connectivity index (χ1n) is 3.31. The third kappa shape index (κ3) is 1.62. The first kappa shape index (κ1) is 7.88. The van der Waals surface area contributed by atoms with Crippen LogP contribution in [0.3, 0.4) is 0 Å². The minimum absolute atomic E-state index is 0.00750. The molecule has 0 unspecified atom stereocenters. The zero-order valence-electron chi connectivity index (χ0n) is 6.15. The summed E-state index contributed by atoms with van der Waals surface area (Å²) in [5.74, 6) is -0.0908.